The molecule has 1 amide bonds. The SMILES string of the molecule is C[C@@H](OCc1ccccc1)[C@H](N)C(=O)Nc1nccs1. The molecule has 5 nitrogen and oxygen atoms in total. The monoisotopic (exact) mass is 291 g/mol. The minimum atomic E-state index is -0.734. The first-order valence-corrected chi connectivity index (χ1v) is 7.16. The van der Waals surface area contributed by atoms with Gasteiger partial charge in [0.25, 0.3) is 0 Å². The lowest BCUT2D eigenvalue weighted by molar-refractivity contribution is -0.120. The Morgan fingerprint density at radius 2 is 2.20 bits per heavy atom. The zero-order valence-corrected chi connectivity index (χ0v) is 12.0. The molecule has 0 radical (unpaired) electrons. The van der Waals surface area contributed by atoms with Crippen LogP contribution in [0.1, 0.15) is 12.5 Å². The van der Waals surface area contributed by atoms with Crippen molar-refractivity contribution in [2.45, 2.75) is 25.7 Å². The fourth-order valence-corrected chi connectivity index (χ4v) is 2.12. The van der Waals surface area contributed by atoms with Gasteiger partial charge in [-0.05, 0) is 12.5 Å². The van der Waals surface area contributed by atoms with Crippen LogP contribution in [-0.2, 0) is 16.1 Å². The van der Waals surface area contributed by atoms with E-state index in [1.54, 1.807) is 18.5 Å². The largest absolute Gasteiger partial charge is 0.372 e. The van der Waals surface area contributed by atoms with E-state index in [4.69, 9.17) is 10.5 Å². The highest BCUT2D eigenvalue weighted by molar-refractivity contribution is 7.13. The van der Waals surface area contributed by atoms with Crippen LogP contribution in [0.15, 0.2) is 41.9 Å². The van der Waals surface area contributed by atoms with E-state index in [0.717, 1.165) is 5.56 Å². The molecule has 6 heteroatoms. The zero-order valence-electron chi connectivity index (χ0n) is 11.2. The highest BCUT2D eigenvalue weighted by Gasteiger charge is 2.22. The number of nitrogens with one attached hydrogen (secondary N) is 1. The number of ether oxygens (including phenoxy) is 1. The molecule has 0 aliphatic heterocycles. The second-order valence-electron chi connectivity index (χ2n) is 4.35. The van der Waals surface area contributed by atoms with E-state index >= 15 is 0 Å². The molecule has 106 valence electrons. The molecule has 0 unspecified atom stereocenters. The topological polar surface area (TPSA) is 77.2 Å². The van der Waals surface area contributed by atoms with Gasteiger partial charge in [0.2, 0.25) is 5.91 Å². The van der Waals surface area contributed by atoms with E-state index in [-0.39, 0.29) is 12.0 Å². The number of hydrogen-bond donors (Lipinski definition) is 2. The molecule has 3 N–H and O–H groups in total. The predicted octanol–water partition coefficient (Wildman–Crippen LogP) is 2.01. The number of rotatable bonds is 6. The number of carbonyl (C=O) groups excluding carboxylic acids is 1. The van der Waals surface area contributed by atoms with Gasteiger partial charge < -0.3 is 15.8 Å². The Balaban J connectivity index is 1.82. The summed E-state index contributed by atoms with van der Waals surface area (Å²) in [5, 5.41) is 4.99. The summed E-state index contributed by atoms with van der Waals surface area (Å²) in [7, 11) is 0. The third kappa shape index (κ3) is 4.12. The fraction of sp³-hybridized carbons (Fsp3) is 0.286. The molecule has 0 saturated heterocycles. The normalized spacial score (nSPS) is 13.7. The van der Waals surface area contributed by atoms with E-state index in [2.05, 4.69) is 10.3 Å². The van der Waals surface area contributed by atoms with Crippen molar-refractivity contribution in [1.82, 2.24) is 4.98 Å². The number of thiazole rings is 1. The third-order valence-corrected chi connectivity index (χ3v) is 3.52. The molecule has 1 aromatic carbocycles. The number of hydrogen-bond acceptors (Lipinski definition) is 5. The molecule has 0 saturated carbocycles. The Morgan fingerprint density at radius 3 is 2.85 bits per heavy atom. The summed E-state index contributed by atoms with van der Waals surface area (Å²) in [6.45, 7) is 2.22. The molecule has 1 aromatic heterocycles. The first-order chi connectivity index (χ1) is 9.66. The maximum Gasteiger partial charge on any atom is 0.245 e. The highest BCUT2D eigenvalue weighted by atomic mass is 32.1. The summed E-state index contributed by atoms with van der Waals surface area (Å²) in [6.07, 6.45) is 1.25. The summed E-state index contributed by atoms with van der Waals surface area (Å²) >= 11 is 1.35. The van der Waals surface area contributed by atoms with E-state index in [9.17, 15) is 4.79 Å². The second-order valence-corrected chi connectivity index (χ2v) is 5.25. The van der Waals surface area contributed by atoms with Gasteiger partial charge in [0.05, 0.1) is 12.7 Å². The van der Waals surface area contributed by atoms with Crippen molar-refractivity contribution < 1.29 is 9.53 Å². The molecule has 0 bridgehead atoms. The average Bonchev–Trinajstić information content (AvgIpc) is 2.98. The van der Waals surface area contributed by atoms with Crippen molar-refractivity contribution in [1.29, 1.82) is 0 Å². The Labute approximate surface area is 121 Å². The van der Waals surface area contributed by atoms with E-state index in [1.807, 2.05) is 30.3 Å². The summed E-state index contributed by atoms with van der Waals surface area (Å²) < 4.78 is 5.63. The van der Waals surface area contributed by atoms with Crippen LogP contribution >= 0.6 is 11.3 Å². The Morgan fingerprint density at radius 1 is 1.45 bits per heavy atom. The molecule has 0 spiro atoms. The fourth-order valence-electron chi connectivity index (χ4n) is 1.59. The first kappa shape index (κ1) is 14.6. The van der Waals surface area contributed by atoms with Gasteiger partial charge in [-0.2, -0.15) is 0 Å². The van der Waals surface area contributed by atoms with Crippen molar-refractivity contribution in [2.75, 3.05) is 5.32 Å². The van der Waals surface area contributed by atoms with Crippen LogP contribution in [0.4, 0.5) is 5.13 Å². The van der Waals surface area contributed by atoms with E-state index < -0.39 is 6.04 Å². The van der Waals surface area contributed by atoms with Gasteiger partial charge in [-0.25, -0.2) is 4.98 Å². The molecule has 0 aliphatic rings. The van der Waals surface area contributed by atoms with Crippen LogP contribution in [0.2, 0.25) is 0 Å². The summed E-state index contributed by atoms with van der Waals surface area (Å²) in [5.41, 5.74) is 6.93. The molecule has 1 heterocycles. The summed E-state index contributed by atoms with van der Waals surface area (Å²) in [4.78, 5) is 15.9. The number of nitrogens with two attached hydrogens (primary N) is 1. The number of aromatic nitrogens is 1. The van der Waals surface area contributed by atoms with Crippen molar-refractivity contribution in [3.05, 3.63) is 47.5 Å². The number of nitrogens with zero attached hydrogens (tertiary/aromatic N) is 1. The van der Waals surface area contributed by atoms with E-state index in [1.165, 1.54) is 11.3 Å². The lowest BCUT2D eigenvalue weighted by atomic mass is 10.2. The van der Waals surface area contributed by atoms with Crippen LogP contribution in [0.3, 0.4) is 0 Å². The zero-order chi connectivity index (χ0) is 14.4. The minimum Gasteiger partial charge on any atom is -0.372 e. The van der Waals surface area contributed by atoms with Crippen molar-refractivity contribution >= 4 is 22.4 Å². The molecule has 0 fully saturated rings. The Bertz CT molecular complexity index is 531. The predicted molar refractivity (Wildman–Crippen MR) is 79.4 cm³/mol. The standard InChI is InChI=1S/C14H17N3O2S/c1-10(19-9-11-5-3-2-4-6-11)12(15)13(18)17-14-16-7-8-20-14/h2-8,10,12H,9,15H2,1H3,(H,16,17,18)/t10-,12+/m1/s1. The summed E-state index contributed by atoms with van der Waals surface area (Å²) in [6, 6.07) is 9.03. The van der Waals surface area contributed by atoms with Crippen molar-refractivity contribution in [3.8, 4) is 0 Å². The Kier molecular flexibility index (Phi) is 5.23. The van der Waals surface area contributed by atoms with Crippen LogP contribution < -0.4 is 11.1 Å². The van der Waals surface area contributed by atoms with Crippen LogP contribution in [0, 0.1) is 0 Å². The second kappa shape index (κ2) is 7.14. The lowest BCUT2D eigenvalue weighted by Crippen LogP contribution is -2.45. The lowest BCUT2D eigenvalue weighted by Gasteiger charge is -2.19. The Hall–Kier alpha value is -1.76. The van der Waals surface area contributed by atoms with Crippen LogP contribution in [0.5, 0.6) is 0 Å². The molecule has 0 aliphatic carbocycles. The van der Waals surface area contributed by atoms with Crippen LogP contribution in [0.25, 0.3) is 0 Å². The number of carbonyl (C=O) groups is 1. The molecular formula is C14H17N3O2S. The molecule has 20 heavy (non-hydrogen) atoms. The van der Waals surface area contributed by atoms with Gasteiger partial charge in [-0.1, -0.05) is 30.3 Å². The average molecular weight is 291 g/mol. The van der Waals surface area contributed by atoms with Crippen LogP contribution in [-0.4, -0.2) is 23.0 Å². The van der Waals surface area contributed by atoms with Gasteiger partial charge in [-0.15, -0.1) is 11.3 Å². The number of benzene rings is 1. The quantitative estimate of drug-likeness (QED) is 0.853. The summed E-state index contributed by atoms with van der Waals surface area (Å²) in [5.74, 6) is -0.291. The molecule has 2 aromatic rings. The maximum atomic E-state index is 11.9. The van der Waals surface area contributed by atoms with Gasteiger partial charge in [0.15, 0.2) is 5.13 Å². The van der Waals surface area contributed by atoms with Gasteiger partial charge in [0.1, 0.15) is 6.04 Å². The highest BCUT2D eigenvalue weighted by Crippen LogP contribution is 2.12. The smallest absolute Gasteiger partial charge is 0.245 e. The maximum absolute atomic E-state index is 11.9. The molecule has 2 atom stereocenters. The van der Waals surface area contributed by atoms with Crippen molar-refractivity contribution in [2.24, 2.45) is 5.73 Å². The first-order valence-electron chi connectivity index (χ1n) is 6.28. The van der Waals surface area contributed by atoms with Gasteiger partial charge >= 0.3 is 0 Å². The molecule has 2 rings (SSSR count). The minimum absolute atomic E-state index is 0.291. The number of amides is 1. The van der Waals surface area contributed by atoms with Crippen molar-refractivity contribution in [3.63, 3.8) is 0 Å². The third-order valence-electron chi connectivity index (χ3n) is 2.83. The van der Waals surface area contributed by atoms with E-state index in [0.29, 0.717) is 11.7 Å². The molecular weight excluding hydrogens is 274 g/mol. The number of anilines is 1. The van der Waals surface area contributed by atoms with Gasteiger partial charge in [-0.3, -0.25) is 4.79 Å². The van der Waals surface area contributed by atoms with Gasteiger partial charge in [0, 0.05) is 11.6 Å².